The van der Waals surface area contributed by atoms with Crippen molar-refractivity contribution in [2.75, 3.05) is 50.5 Å². The highest BCUT2D eigenvalue weighted by molar-refractivity contribution is 5.96. The number of aryl methyl sites for hydroxylation is 1. The quantitative estimate of drug-likeness (QED) is 0.710. The van der Waals surface area contributed by atoms with Gasteiger partial charge in [0.15, 0.2) is 0 Å². The fraction of sp³-hybridized carbons (Fsp3) is 0.391. The number of amides is 2. The van der Waals surface area contributed by atoms with Crippen LogP contribution < -0.4 is 15.4 Å². The molecule has 2 aromatic carbocycles. The number of hydrogen-bond acceptors (Lipinski definition) is 5. The van der Waals surface area contributed by atoms with Gasteiger partial charge in [-0.05, 0) is 55.8 Å². The highest BCUT2D eigenvalue weighted by Crippen LogP contribution is 2.25. The number of hydrogen-bond donors (Lipinski definition) is 2. The molecule has 8 heteroatoms. The van der Waals surface area contributed by atoms with Gasteiger partial charge < -0.3 is 15.4 Å². The lowest BCUT2D eigenvalue weighted by Gasteiger charge is -2.37. The smallest absolute Gasteiger partial charge is 0.241 e. The monoisotopic (exact) mass is 428 g/mol. The number of rotatable bonds is 7. The van der Waals surface area contributed by atoms with Gasteiger partial charge in [0.1, 0.15) is 11.6 Å². The summed E-state index contributed by atoms with van der Waals surface area (Å²) in [7, 11) is 1.58. The van der Waals surface area contributed by atoms with Crippen LogP contribution in [0.3, 0.4) is 0 Å². The first-order valence-corrected chi connectivity index (χ1v) is 10.3. The molecule has 2 amide bonds. The van der Waals surface area contributed by atoms with Gasteiger partial charge in [-0.25, -0.2) is 4.39 Å². The van der Waals surface area contributed by atoms with Crippen molar-refractivity contribution in [1.29, 1.82) is 0 Å². The minimum Gasteiger partial charge on any atom is -0.495 e. The lowest BCUT2D eigenvalue weighted by molar-refractivity contribution is -0.122. The number of benzene rings is 2. The van der Waals surface area contributed by atoms with Crippen molar-refractivity contribution in [1.82, 2.24) is 9.80 Å². The molecule has 2 aromatic rings. The summed E-state index contributed by atoms with van der Waals surface area (Å²) in [5.41, 5.74) is 2.27. The number of carbonyl (C=O) groups is 2. The number of methoxy groups -OCH3 is 1. The summed E-state index contributed by atoms with van der Waals surface area (Å²) in [4.78, 5) is 29.2. The number of nitrogens with one attached hydrogen (secondary N) is 2. The van der Waals surface area contributed by atoms with E-state index < -0.39 is 0 Å². The van der Waals surface area contributed by atoms with Crippen molar-refractivity contribution in [2.24, 2.45) is 0 Å². The molecule has 1 aliphatic rings. The Morgan fingerprint density at radius 3 is 2.39 bits per heavy atom. The van der Waals surface area contributed by atoms with Crippen LogP contribution in [0.2, 0.25) is 0 Å². The van der Waals surface area contributed by atoms with E-state index in [2.05, 4.69) is 15.5 Å². The molecule has 1 atom stereocenters. The Morgan fingerprint density at radius 1 is 1.06 bits per heavy atom. The van der Waals surface area contributed by atoms with Crippen molar-refractivity contribution in [3.63, 3.8) is 0 Å². The predicted molar refractivity (Wildman–Crippen MR) is 119 cm³/mol. The second-order valence-electron chi connectivity index (χ2n) is 7.74. The first-order valence-electron chi connectivity index (χ1n) is 10.3. The molecule has 0 aliphatic carbocycles. The molecular formula is C23H29FN4O3. The average Bonchev–Trinajstić information content (AvgIpc) is 2.75. The molecule has 31 heavy (non-hydrogen) atoms. The molecule has 0 aromatic heterocycles. The summed E-state index contributed by atoms with van der Waals surface area (Å²) in [6.45, 7) is 6.84. The third-order valence-electron chi connectivity index (χ3n) is 5.44. The molecular weight excluding hydrogens is 399 g/mol. The highest BCUT2D eigenvalue weighted by Gasteiger charge is 2.27. The van der Waals surface area contributed by atoms with Gasteiger partial charge in [-0.1, -0.05) is 6.07 Å². The molecule has 166 valence electrons. The third-order valence-corrected chi connectivity index (χ3v) is 5.44. The standard InChI is InChI=1S/C23H29FN4O3/c1-16-4-9-21(31-3)20(14-16)26-23(30)17(2)28-12-10-27(11-13-28)15-22(29)25-19-7-5-18(24)6-8-19/h4-9,14,17H,10-13,15H2,1-3H3,(H,25,29)(H,26,30). The van der Waals surface area contributed by atoms with Gasteiger partial charge in [-0.3, -0.25) is 19.4 Å². The number of ether oxygens (including phenoxy) is 1. The summed E-state index contributed by atoms with van der Waals surface area (Å²) in [6, 6.07) is 11.1. The van der Waals surface area contributed by atoms with Crippen molar-refractivity contribution in [3.05, 3.63) is 53.8 Å². The van der Waals surface area contributed by atoms with Gasteiger partial charge in [-0.2, -0.15) is 0 Å². The van der Waals surface area contributed by atoms with E-state index in [1.54, 1.807) is 7.11 Å². The first kappa shape index (κ1) is 22.7. The van der Waals surface area contributed by atoms with Crippen LogP contribution in [0.4, 0.5) is 15.8 Å². The van der Waals surface area contributed by atoms with Crippen molar-refractivity contribution in [3.8, 4) is 5.75 Å². The summed E-state index contributed by atoms with van der Waals surface area (Å²) >= 11 is 0. The second-order valence-corrected chi connectivity index (χ2v) is 7.74. The first-order chi connectivity index (χ1) is 14.9. The van der Waals surface area contributed by atoms with Crippen LogP contribution in [-0.4, -0.2) is 67.5 Å². The van der Waals surface area contributed by atoms with Crippen LogP contribution in [0.25, 0.3) is 0 Å². The van der Waals surface area contributed by atoms with Crippen molar-refractivity contribution < 1.29 is 18.7 Å². The molecule has 1 saturated heterocycles. The summed E-state index contributed by atoms with van der Waals surface area (Å²) in [6.07, 6.45) is 0. The number of nitrogens with zero attached hydrogens (tertiary/aromatic N) is 2. The molecule has 0 radical (unpaired) electrons. The van der Waals surface area contributed by atoms with Gasteiger partial charge in [-0.15, -0.1) is 0 Å². The van der Waals surface area contributed by atoms with E-state index in [-0.39, 0.29) is 30.2 Å². The zero-order valence-electron chi connectivity index (χ0n) is 18.2. The molecule has 0 spiro atoms. The molecule has 0 saturated carbocycles. The highest BCUT2D eigenvalue weighted by atomic mass is 19.1. The lowest BCUT2D eigenvalue weighted by Crippen LogP contribution is -2.53. The van der Waals surface area contributed by atoms with Gasteiger partial charge in [0, 0.05) is 31.9 Å². The van der Waals surface area contributed by atoms with E-state index >= 15 is 0 Å². The maximum absolute atomic E-state index is 13.0. The van der Waals surface area contributed by atoms with Crippen LogP contribution in [-0.2, 0) is 9.59 Å². The molecule has 1 aliphatic heterocycles. The third kappa shape index (κ3) is 6.26. The fourth-order valence-electron chi connectivity index (χ4n) is 3.57. The van der Waals surface area contributed by atoms with Crippen LogP contribution in [0.5, 0.6) is 5.75 Å². The number of anilines is 2. The maximum Gasteiger partial charge on any atom is 0.241 e. The summed E-state index contributed by atoms with van der Waals surface area (Å²) < 4.78 is 18.3. The number of piperazine rings is 1. The predicted octanol–water partition coefficient (Wildman–Crippen LogP) is 2.73. The Labute approximate surface area is 182 Å². The molecule has 2 N–H and O–H groups in total. The summed E-state index contributed by atoms with van der Waals surface area (Å²) in [5.74, 6) is 0.0556. The SMILES string of the molecule is COc1ccc(C)cc1NC(=O)C(C)N1CCN(CC(=O)Nc2ccc(F)cc2)CC1. The van der Waals surface area contributed by atoms with Crippen molar-refractivity contribution >= 4 is 23.2 Å². The Hall–Kier alpha value is -2.97. The van der Waals surface area contributed by atoms with Gasteiger partial charge in [0.25, 0.3) is 0 Å². The van der Waals surface area contributed by atoms with Gasteiger partial charge in [0.05, 0.1) is 25.4 Å². The van der Waals surface area contributed by atoms with Crippen LogP contribution >= 0.6 is 0 Å². The zero-order chi connectivity index (χ0) is 22.4. The average molecular weight is 429 g/mol. The topological polar surface area (TPSA) is 73.9 Å². The number of halogens is 1. The normalized spacial score (nSPS) is 15.9. The van der Waals surface area contributed by atoms with E-state index in [0.717, 1.165) is 5.56 Å². The molecule has 1 heterocycles. The van der Waals surface area contributed by atoms with E-state index in [0.29, 0.717) is 43.3 Å². The Morgan fingerprint density at radius 2 is 1.74 bits per heavy atom. The van der Waals surface area contributed by atoms with E-state index in [1.807, 2.05) is 36.9 Å². The Kier molecular flexibility index (Phi) is 7.59. The lowest BCUT2D eigenvalue weighted by atomic mass is 10.1. The number of carbonyl (C=O) groups excluding carboxylic acids is 2. The molecule has 7 nitrogen and oxygen atoms in total. The van der Waals surface area contributed by atoms with Crippen molar-refractivity contribution in [2.45, 2.75) is 19.9 Å². The second kappa shape index (κ2) is 10.4. The van der Waals surface area contributed by atoms with E-state index in [9.17, 15) is 14.0 Å². The molecule has 1 unspecified atom stereocenters. The van der Waals surface area contributed by atoms with Crippen LogP contribution in [0.1, 0.15) is 12.5 Å². The molecule has 0 bridgehead atoms. The van der Waals surface area contributed by atoms with Crippen LogP contribution in [0, 0.1) is 12.7 Å². The fourth-order valence-corrected chi connectivity index (χ4v) is 3.57. The minimum atomic E-state index is -0.340. The molecule has 3 rings (SSSR count). The van der Waals surface area contributed by atoms with E-state index in [1.165, 1.54) is 24.3 Å². The minimum absolute atomic E-state index is 0.0913. The Bertz CT molecular complexity index is 912. The Balaban J connectivity index is 1.47. The van der Waals surface area contributed by atoms with E-state index in [4.69, 9.17) is 4.74 Å². The zero-order valence-corrected chi connectivity index (χ0v) is 18.2. The van der Waals surface area contributed by atoms with Gasteiger partial charge in [0.2, 0.25) is 11.8 Å². The largest absolute Gasteiger partial charge is 0.495 e. The van der Waals surface area contributed by atoms with Crippen LogP contribution in [0.15, 0.2) is 42.5 Å². The summed E-state index contributed by atoms with van der Waals surface area (Å²) in [5, 5.41) is 5.74. The van der Waals surface area contributed by atoms with Gasteiger partial charge >= 0.3 is 0 Å². The maximum atomic E-state index is 13.0. The molecule has 1 fully saturated rings.